The number of fused-ring (bicyclic) bond motifs is 1. The van der Waals surface area contributed by atoms with E-state index in [4.69, 9.17) is 4.74 Å². The minimum atomic E-state index is -0.346. The van der Waals surface area contributed by atoms with Gasteiger partial charge in [0, 0.05) is 26.2 Å². The van der Waals surface area contributed by atoms with E-state index in [0.29, 0.717) is 44.9 Å². The number of carbonyl (C=O) groups is 1. The predicted octanol–water partition coefficient (Wildman–Crippen LogP) is 0.369. The van der Waals surface area contributed by atoms with Crippen molar-refractivity contribution < 1.29 is 9.53 Å². The maximum Gasteiger partial charge on any atom is 0.301 e. The summed E-state index contributed by atoms with van der Waals surface area (Å²) in [6.07, 6.45) is 0. The number of nitrogens with zero attached hydrogens (tertiary/aromatic N) is 5. The summed E-state index contributed by atoms with van der Waals surface area (Å²) < 4.78 is 7.09. The highest BCUT2D eigenvalue weighted by Gasteiger charge is 2.27. The van der Waals surface area contributed by atoms with Crippen LogP contribution in [0.15, 0.2) is 16.9 Å². The first-order valence-electron chi connectivity index (χ1n) is 9.80. The Morgan fingerprint density at radius 1 is 1.00 bits per heavy atom. The molecular formula is C20H27N5O3. The smallest absolute Gasteiger partial charge is 0.301 e. The third kappa shape index (κ3) is 3.38. The number of ether oxygens (including phenoxy) is 1. The van der Waals surface area contributed by atoms with Gasteiger partial charge in [-0.3, -0.25) is 9.59 Å². The maximum atomic E-state index is 13.4. The number of aryl methyl sites for hydroxylation is 2. The van der Waals surface area contributed by atoms with Crippen molar-refractivity contribution in [1.82, 2.24) is 19.5 Å². The van der Waals surface area contributed by atoms with E-state index in [1.54, 1.807) is 9.58 Å². The van der Waals surface area contributed by atoms with Crippen LogP contribution in [0, 0.1) is 13.8 Å². The molecular weight excluding hydrogens is 358 g/mol. The van der Waals surface area contributed by atoms with Crippen LogP contribution in [0.4, 0.5) is 0 Å². The van der Waals surface area contributed by atoms with Crippen LogP contribution in [0.5, 0.6) is 0 Å². The van der Waals surface area contributed by atoms with Gasteiger partial charge in [-0.05, 0) is 44.2 Å². The standard InChI is InChI=1S/C20H27N5O3/c1-14-12-16-17(13-15(14)2)25(24-8-10-28-11-9-24)20(27)18(21-16)19(26)23-6-4-22(3)5-7-23/h12-13H,4-11H2,1-3H3. The van der Waals surface area contributed by atoms with Crippen LogP contribution >= 0.6 is 0 Å². The molecule has 0 bridgehead atoms. The maximum absolute atomic E-state index is 13.4. The van der Waals surface area contributed by atoms with Gasteiger partial charge in [-0.2, -0.15) is 0 Å². The number of carbonyl (C=O) groups excluding carboxylic acids is 1. The molecule has 2 aromatic rings. The first-order valence-corrected chi connectivity index (χ1v) is 9.80. The molecule has 0 saturated carbocycles. The van der Waals surface area contributed by atoms with Crippen LogP contribution in [0.25, 0.3) is 11.0 Å². The monoisotopic (exact) mass is 385 g/mol. The first-order chi connectivity index (χ1) is 13.5. The Kier molecular flexibility index (Phi) is 5.07. The molecule has 0 spiro atoms. The molecule has 2 fully saturated rings. The predicted molar refractivity (Wildman–Crippen MR) is 108 cm³/mol. The number of aromatic nitrogens is 2. The van der Waals surface area contributed by atoms with Crippen molar-refractivity contribution in [1.29, 1.82) is 0 Å². The lowest BCUT2D eigenvalue weighted by Crippen LogP contribution is -2.52. The van der Waals surface area contributed by atoms with Crippen LogP contribution in [0.2, 0.25) is 0 Å². The molecule has 2 saturated heterocycles. The van der Waals surface area contributed by atoms with Gasteiger partial charge in [0.25, 0.3) is 5.91 Å². The SMILES string of the molecule is Cc1cc2nc(C(=O)N3CCN(C)CC3)c(=O)n(N3CCOCC3)c2cc1C. The molecule has 4 rings (SSSR count). The molecule has 0 aliphatic carbocycles. The van der Waals surface area contributed by atoms with Gasteiger partial charge in [-0.1, -0.05) is 0 Å². The fourth-order valence-electron chi connectivity index (χ4n) is 3.76. The number of hydrogen-bond donors (Lipinski definition) is 0. The molecule has 1 aromatic heterocycles. The van der Waals surface area contributed by atoms with Crippen LogP contribution in [-0.2, 0) is 4.74 Å². The molecule has 0 atom stereocenters. The van der Waals surface area contributed by atoms with E-state index in [2.05, 4.69) is 9.88 Å². The third-order valence-electron chi connectivity index (χ3n) is 5.71. The molecule has 2 aliphatic heterocycles. The van der Waals surface area contributed by atoms with E-state index in [1.807, 2.05) is 38.0 Å². The summed E-state index contributed by atoms with van der Waals surface area (Å²) in [4.78, 5) is 35.0. The summed E-state index contributed by atoms with van der Waals surface area (Å²) in [6.45, 7) is 9.19. The van der Waals surface area contributed by atoms with Crippen LogP contribution in [-0.4, -0.2) is 84.9 Å². The molecule has 8 heteroatoms. The topological polar surface area (TPSA) is 70.9 Å². The lowest BCUT2D eigenvalue weighted by atomic mass is 10.1. The van der Waals surface area contributed by atoms with E-state index < -0.39 is 0 Å². The summed E-state index contributed by atoms with van der Waals surface area (Å²) in [7, 11) is 2.03. The van der Waals surface area contributed by atoms with E-state index in [0.717, 1.165) is 29.7 Å². The summed E-state index contributed by atoms with van der Waals surface area (Å²) in [5.74, 6) is -0.278. The van der Waals surface area contributed by atoms with Gasteiger partial charge in [0.05, 0.1) is 37.3 Å². The number of hydrogen-bond acceptors (Lipinski definition) is 6. The summed E-state index contributed by atoms with van der Waals surface area (Å²) in [6, 6.07) is 3.94. The van der Waals surface area contributed by atoms with Crippen molar-refractivity contribution in [3.05, 3.63) is 39.3 Å². The van der Waals surface area contributed by atoms with Gasteiger partial charge in [-0.15, -0.1) is 0 Å². The zero-order chi connectivity index (χ0) is 19.8. The average molecular weight is 385 g/mol. The number of morpholine rings is 1. The van der Waals surface area contributed by atoms with Crippen molar-refractivity contribution in [2.45, 2.75) is 13.8 Å². The van der Waals surface area contributed by atoms with Crippen LogP contribution in [0.3, 0.4) is 0 Å². The zero-order valence-corrected chi connectivity index (χ0v) is 16.8. The van der Waals surface area contributed by atoms with Gasteiger partial charge >= 0.3 is 5.56 Å². The lowest BCUT2D eigenvalue weighted by Gasteiger charge is -2.33. The Hall–Kier alpha value is -2.45. The zero-order valence-electron chi connectivity index (χ0n) is 16.8. The van der Waals surface area contributed by atoms with Gasteiger partial charge in [0.1, 0.15) is 0 Å². The second kappa shape index (κ2) is 7.52. The molecule has 8 nitrogen and oxygen atoms in total. The highest BCUT2D eigenvalue weighted by Crippen LogP contribution is 2.18. The molecule has 3 heterocycles. The van der Waals surface area contributed by atoms with E-state index in [-0.39, 0.29) is 17.2 Å². The fraction of sp³-hybridized carbons (Fsp3) is 0.550. The Labute approximate surface area is 164 Å². The van der Waals surface area contributed by atoms with E-state index >= 15 is 0 Å². The summed E-state index contributed by atoms with van der Waals surface area (Å²) >= 11 is 0. The molecule has 0 radical (unpaired) electrons. The normalized spacial score (nSPS) is 18.7. The number of benzene rings is 1. The summed E-state index contributed by atoms with van der Waals surface area (Å²) in [5, 5.41) is 1.96. The van der Waals surface area contributed by atoms with E-state index in [1.165, 1.54) is 0 Å². The largest absolute Gasteiger partial charge is 0.378 e. The number of likely N-dealkylation sites (N-methyl/N-ethyl adjacent to an activating group) is 1. The Morgan fingerprint density at radius 3 is 2.32 bits per heavy atom. The highest BCUT2D eigenvalue weighted by molar-refractivity contribution is 5.94. The molecule has 1 aromatic carbocycles. The Bertz CT molecular complexity index is 956. The Morgan fingerprint density at radius 2 is 1.64 bits per heavy atom. The lowest BCUT2D eigenvalue weighted by molar-refractivity contribution is 0.0655. The number of amides is 1. The first kappa shape index (κ1) is 18.9. The van der Waals surface area contributed by atoms with Gasteiger partial charge < -0.3 is 19.5 Å². The van der Waals surface area contributed by atoms with Crippen molar-refractivity contribution in [2.24, 2.45) is 0 Å². The van der Waals surface area contributed by atoms with Crippen molar-refractivity contribution in [3.8, 4) is 0 Å². The number of piperazine rings is 1. The minimum absolute atomic E-state index is 0.00629. The quantitative estimate of drug-likeness (QED) is 0.744. The molecule has 150 valence electrons. The molecule has 28 heavy (non-hydrogen) atoms. The summed E-state index contributed by atoms with van der Waals surface area (Å²) in [5.41, 5.74) is 3.25. The highest BCUT2D eigenvalue weighted by atomic mass is 16.5. The van der Waals surface area contributed by atoms with Gasteiger partial charge in [0.2, 0.25) is 0 Å². The van der Waals surface area contributed by atoms with Crippen molar-refractivity contribution in [2.75, 3.05) is 64.5 Å². The van der Waals surface area contributed by atoms with Crippen molar-refractivity contribution >= 4 is 16.9 Å². The second-order valence-electron chi connectivity index (χ2n) is 7.66. The number of rotatable bonds is 2. The molecule has 0 N–H and O–H groups in total. The van der Waals surface area contributed by atoms with Gasteiger partial charge in [0.15, 0.2) is 5.69 Å². The van der Waals surface area contributed by atoms with Crippen molar-refractivity contribution in [3.63, 3.8) is 0 Å². The molecule has 0 unspecified atom stereocenters. The van der Waals surface area contributed by atoms with E-state index in [9.17, 15) is 9.59 Å². The van der Waals surface area contributed by atoms with Crippen LogP contribution in [0.1, 0.15) is 21.6 Å². The third-order valence-corrected chi connectivity index (χ3v) is 5.71. The second-order valence-corrected chi connectivity index (χ2v) is 7.66. The van der Waals surface area contributed by atoms with Gasteiger partial charge in [-0.25, -0.2) is 9.66 Å². The average Bonchev–Trinajstić information content (AvgIpc) is 2.70. The minimum Gasteiger partial charge on any atom is -0.378 e. The molecule has 2 aliphatic rings. The fourth-order valence-corrected chi connectivity index (χ4v) is 3.76. The Balaban J connectivity index is 1.85. The molecule has 1 amide bonds. The van der Waals surface area contributed by atoms with Crippen LogP contribution < -0.4 is 10.6 Å².